The first-order chi connectivity index (χ1) is 24.3. The summed E-state index contributed by atoms with van der Waals surface area (Å²) in [6.07, 6.45) is -2.93. The van der Waals surface area contributed by atoms with E-state index in [4.69, 9.17) is 18.9 Å². The van der Waals surface area contributed by atoms with Crippen LogP contribution in [0.3, 0.4) is 0 Å². The Morgan fingerprint density at radius 3 is 1.33 bits per heavy atom. The van der Waals surface area contributed by atoms with Crippen LogP contribution in [0.15, 0.2) is 131 Å². The number of rotatable bonds is 10. The van der Waals surface area contributed by atoms with Crippen molar-refractivity contribution in [2.24, 2.45) is 17.8 Å². The Bertz CT molecular complexity index is 1390. The third-order valence-corrected chi connectivity index (χ3v) is 11.7. The summed E-state index contributed by atoms with van der Waals surface area (Å²) in [5.41, 5.74) is 1.35. The molecule has 0 aromatic heterocycles. The Balaban J connectivity index is 0.000000270. The van der Waals surface area contributed by atoms with Crippen molar-refractivity contribution in [2.75, 3.05) is 13.2 Å². The van der Waals surface area contributed by atoms with Crippen LogP contribution in [0, 0.1) is 17.8 Å². The summed E-state index contributed by atoms with van der Waals surface area (Å²) in [5.74, 6) is 0.331. The Labute approximate surface area is 320 Å². The normalized spacial score (nSPS) is 28.8. The average molecular weight is 751 g/mol. The predicted octanol–water partition coefficient (Wildman–Crippen LogP) is 8.70. The molecule has 10 atom stereocenters. The van der Waals surface area contributed by atoms with Crippen LogP contribution in [0.5, 0.6) is 0 Å². The smallest absolute Gasteiger partial charge is 0.136 e. The largest absolute Gasteiger partial charge is 0.390 e. The van der Waals surface area contributed by atoms with Crippen molar-refractivity contribution in [3.63, 3.8) is 0 Å². The molecular formula is C43H58O7S2. The first-order valence-corrected chi connectivity index (χ1v) is 19.1. The molecule has 0 unspecified atom stereocenters. The zero-order valence-electron chi connectivity index (χ0n) is 28.9. The van der Waals surface area contributed by atoms with Gasteiger partial charge < -0.3 is 34.3 Å². The molecule has 284 valence electrons. The van der Waals surface area contributed by atoms with E-state index in [0.29, 0.717) is 25.7 Å². The molecule has 0 amide bonds. The van der Waals surface area contributed by atoms with Gasteiger partial charge in [-0.15, -0.1) is 0 Å². The zero-order chi connectivity index (χ0) is 35.3. The maximum absolute atomic E-state index is 11.0. The summed E-state index contributed by atoms with van der Waals surface area (Å²) >= 11 is 3.02. The van der Waals surface area contributed by atoms with Crippen molar-refractivity contribution in [3.8, 4) is 0 Å². The lowest BCUT2D eigenvalue weighted by Crippen LogP contribution is -2.42. The highest BCUT2D eigenvalue weighted by molar-refractivity contribution is 8.00. The number of thioether (sulfide) groups is 2. The molecule has 3 N–H and O–H groups in total. The van der Waals surface area contributed by atoms with Crippen LogP contribution >= 0.6 is 23.5 Å². The van der Waals surface area contributed by atoms with Crippen LogP contribution in [0.4, 0.5) is 0 Å². The van der Waals surface area contributed by atoms with Crippen LogP contribution in [0.2, 0.25) is 0 Å². The Morgan fingerprint density at radius 1 is 0.538 bits per heavy atom. The second kappa shape index (κ2) is 22.5. The molecule has 7 nitrogen and oxygen atoms in total. The van der Waals surface area contributed by atoms with Gasteiger partial charge in [-0.1, -0.05) is 156 Å². The molecule has 0 radical (unpaired) electrons. The van der Waals surface area contributed by atoms with Crippen molar-refractivity contribution in [1.82, 2.24) is 0 Å². The molecule has 9 heteroatoms. The number of hydrogen-bond acceptors (Lipinski definition) is 9. The molecule has 2 saturated heterocycles. The van der Waals surface area contributed by atoms with Crippen LogP contribution in [-0.2, 0) is 32.2 Å². The molecule has 0 bridgehead atoms. The quantitative estimate of drug-likeness (QED) is 0.147. The Hall–Kier alpha value is -2.70. The van der Waals surface area contributed by atoms with Gasteiger partial charge in [-0.25, -0.2) is 0 Å². The highest BCUT2D eigenvalue weighted by Crippen LogP contribution is 2.36. The fourth-order valence-corrected chi connectivity index (χ4v) is 7.97. The fourth-order valence-electron chi connectivity index (χ4n) is 5.92. The third-order valence-electron chi connectivity index (χ3n) is 9.29. The average Bonchev–Trinajstić information content (AvgIpc) is 3.31. The van der Waals surface area contributed by atoms with Gasteiger partial charge in [0.25, 0.3) is 0 Å². The molecule has 0 aliphatic carbocycles. The minimum atomic E-state index is -0.832. The maximum atomic E-state index is 11.0. The van der Waals surface area contributed by atoms with Gasteiger partial charge in [-0.3, -0.25) is 0 Å². The fraction of sp³-hybridized carbons (Fsp3) is 0.442. The van der Waals surface area contributed by atoms with E-state index in [2.05, 4.69) is 13.8 Å². The number of ether oxygens (including phenoxy) is 4. The first-order valence-electron chi connectivity index (χ1n) is 17.3. The second-order valence-corrected chi connectivity index (χ2v) is 15.4. The van der Waals surface area contributed by atoms with Crippen molar-refractivity contribution in [2.45, 2.75) is 100 Å². The summed E-state index contributed by atoms with van der Waals surface area (Å²) in [4.78, 5) is 2.10. The third kappa shape index (κ3) is 12.7. The van der Waals surface area contributed by atoms with Gasteiger partial charge in [0.2, 0.25) is 0 Å². The monoisotopic (exact) mass is 750 g/mol. The lowest BCUT2D eigenvalue weighted by atomic mass is 9.89. The number of aliphatic hydroxyl groups excluding tert-OH is 3. The Morgan fingerprint density at radius 2 is 0.904 bits per heavy atom. The molecule has 52 heavy (non-hydrogen) atoms. The van der Waals surface area contributed by atoms with Crippen molar-refractivity contribution in [1.29, 1.82) is 0 Å². The van der Waals surface area contributed by atoms with Crippen LogP contribution in [-0.4, -0.2) is 69.9 Å². The SMILES string of the molecule is C.C.C[C@H]1[C@H](OCc2ccccc2)[C@H](O)[C@@H](Sc2ccccc2)OC[C@H]1C.C[C@H]1[C@H](OCc2ccccc2)[C@H](O)[C@@H](Sc2ccccc2)OC[C@H]1O. The second-order valence-electron chi connectivity index (χ2n) is 13.0. The number of benzene rings is 4. The van der Waals surface area contributed by atoms with E-state index in [-0.39, 0.29) is 44.8 Å². The van der Waals surface area contributed by atoms with E-state index < -0.39 is 29.9 Å². The van der Waals surface area contributed by atoms with E-state index in [0.717, 1.165) is 20.9 Å². The summed E-state index contributed by atoms with van der Waals surface area (Å²) in [6, 6.07) is 39.8. The van der Waals surface area contributed by atoms with E-state index in [1.165, 1.54) is 11.8 Å². The molecule has 2 aliphatic rings. The molecule has 0 saturated carbocycles. The minimum Gasteiger partial charge on any atom is -0.390 e. The predicted molar refractivity (Wildman–Crippen MR) is 213 cm³/mol. The molecule has 2 heterocycles. The van der Waals surface area contributed by atoms with E-state index in [1.54, 1.807) is 11.8 Å². The van der Waals surface area contributed by atoms with Crippen LogP contribution in [0.1, 0.15) is 46.8 Å². The van der Waals surface area contributed by atoms with Crippen LogP contribution in [0.25, 0.3) is 0 Å². The summed E-state index contributed by atoms with van der Waals surface area (Å²) in [6.45, 7) is 7.91. The van der Waals surface area contributed by atoms with Gasteiger partial charge >= 0.3 is 0 Å². The highest BCUT2D eigenvalue weighted by atomic mass is 32.2. The maximum Gasteiger partial charge on any atom is 0.136 e. The lowest BCUT2D eigenvalue weighted by molar-refractivity contribution is -0.0944. The number of aliphatic hydroxyl groups is 3. The van der Waals surface area contributed by atoms with E-state index in [1.807, 2.05) is 128 Å². The van der Waals surface area contributed by atoms with Gasteiger partial charge in [0.05, 0.1) is 44.7 Å². The standard InChI is InChI=1S/C21H26O3S.C20H24O4S.2CH4/c1-15-13-24-21(25-18-11-7-4-8-12-18)19(22)20(16(15)2)23-14-17-9-5-3-6-10-17;1-14-17(21)13-24-20(25-16-10-6-3-7-11-16)18(22)19(14)23-12-15-8-4-2-5-9-15;;/h3-12,15-16,19-22H,13-14H2,1-2H3;2-11,14,17-22H,12-13H2,1H3;2*1H4/t15-,16-,19+,20+,21-;14-,17-,18+,19+,20-;;/m11../s1. The summed E-state index contributed by atoms with van der Waals surface area (Å²) in [5, 5.41) is 32.1. The van der Waals surface area contributed by atoms with Gasteiger partial charge in [0.15, 0.2) is 0 Å². The van der Waals surface area contributed by atoms with Gasteiger partial charge in [0, 0.05) is 15.7 Å². The molecule has 2 aliphatic heterocycles. The van der Waals surface area contributed by atoms with Gasteiger partial charge in [-0.05, 0) is 47.2 Å². The minimum absolute atomic E-state index is 0. The highest BCUT2D eigenvalue weighted by Gasteiger charge is 2.41. The Kier molecular flexibility index (Phi) is 18.9. The molecule has 0 spiro atoms. The van der Waals surface area contributed by atoms with Gasteiger partial charge in [-0.2, -0.15) is 0 Å². The van der Waals surface area contributed by atoms with Crippen molar-refractivity contribution >= 4 is 23.5 Å². The van der Waals surface area contributed by atoms with Gasteiger partial charge in [0.1, 0.15) is 23.1 Å². The zero-order valence-corrected chi connectivity index (χ0v) is 30.6. The molecule has 6 rings (SSSR count). The first kappa shape index (κ1) is 43.7. The van der Waals surface area contributed by atoms with Crippen molar-refractivity contribution in [3.05, 3.63) is 132 Å². The molecule has 4 aromatic rings. The molecule has 4 aromatic carbocycles. The lowest BCUT2D eigenvalue weighted by Gasteiger charge is -2.30. The van der Waals surface area contributed by atoms with E-state index >= 15 is 0 Å². The van der Waals surface area contributed by atoms with Crippen LogP contribution < -0.4 is 0 Å². The molecular weight excluding hydrogens is 693 g/mol. The number of hydrogen-bond donors (Lipinski definition) is 3. The van der Waals surface area contributed by atoms with Crippen molar-refractivity contribution < 1.29 is 34.3 Å². The summed E-state index contributed by atoms with van der Waals surface area (Å²) < 4.78 is 24.0. The molecule has 2 fully saturated rings. The summed E-state index contributed by atoms with van der Waals surface area (Å²) in [7, 11) is 0. The van der Waals surface area contributed by atoms with E-state index in [9.17, 15) is 15.3 Å². The topological polar surface area (TPSA) is 97.6 Å².